The number of unbranched alkanes of at least 4 members (excludes halogenated alkanes) is 10. The van der Waals surface area contributed by atoms with Crippen LogP contribution >= 0.6 is 7.82 Å². The Kier molecular flexibility index (Phi) is 21.9. The summed E-state index contributed by atoms with van der Waals surface area (Å²) in [4.78, 5) is 33.8. The number of nitrogens with two attached hydrogens (primary N) is 1. The highest BCUT2D eigenvalue weighted by atomic mass is 31.2. The van der Waals surface area contributed by atoms with Crippen molar-refractivity contribution in [2.75, 3.05) is 26.4 Å². The summed E-state index contributed by atoms with van der Waals surface area (Å²) in [7, 11) is -4.37. The molecule has 0 bridgehead atoms. The van der Waals surface area contributed by atoms with Gasteiger partial charge in [-0.05, 0) is 25.7 Å². The van der Waals surface area contributed by atoms with Gasteiger partial charge in [-0.25, -0.2) is 14.2 Å². The molecule has 204 valence electrons. The molecule has 0 aliphatic heterocycles. The number of rotatable bonds is 23. The van der Waals surface area contributed by atoms with E-state index in [4.69, 9.17) is 19.7 Å². The molecule has 1 unspecified atom stereocenters. The van der Waals surface area contributed by atoms with Crippen molar-refractivity contribution in [3.8, 4) is 0 Å². The minimum atomic E-state index is -4.37. The summed E-state index contributed by atoms with van der Waals surface area (Å²) < 4.78 is 31.8. The molecular weight excluding hydrogens is 473 g/mol. The van der Waals surface area contributed by atoms with Crippen molar-refractivity contribution in [2.45, 2.75) is 97.0 Å². The van der Waals surface area contributed by atoms with E-state index in [0.29, 0.717) is 0 Å². The van der Waals surface area contributed by atoms with Gasteiger partial charge in [-0.2, -0.15) is 0 Å². The maximum absolute atomic E-state index is 12.2. The van der Waals surface area contributed by atoms with E-state index in [9.17, 15) is 19.0 Å². The molecule has 0 aromatic heterocycles. The van der Waals surface area contributed by atoms with Gasteiger partial charge in [0.05, 0.1) is 13.2 Å². The highest BCUT2D eigenvalue weighted by Gasteiger charge is 2.25. The number of allylic oxidation sites excluding steroid dienone is 2. The fraction of sp³-hybridized carbons (Fsp3) is 0.760. The average Bonchev–Trinajstić information content (AvgIpc) is 2.83. The van der Waals surface area contributed by atoms with Crippen LogP contribution in [0.3, 0.4) is 0 Å². The van der Waals surface area contributed by atoms with Gasteiger partial charge in [0.2, 0.25) is 0 Å². The first-order valence-electron chi connectivity index (χ1n) is 12.9. The van der Waals surface area contributed by atoms with E-state index in [1.807, 2.05) is 0 Å². The van der Waals surface area contributed by atoms with Crippen LogP contribution < -0.4 is 5.73 Å². The lowest BCUT2D eigenvalue weighted by atomic mass is 10.1. The van der Waals surface area contributed by atoms with Crippen molar-refractivity contribution in [1.29, 1.82) is 0 Å². The number of esters is 2. The van der Waals surface area contributed by atoms with Gasteiger partial charge >= 0.3 is 19.8 Å². The molecule has 0 aromatic rings. The second-order valence-electron chi connectivity index (χ2n) is 8.29. The third-order valence-corrected chi connectivity index (χ3v) is 5.93. The van der Waals surface area contributed by atoms with E-state index >= 15 is 0 Å². The Hall–Kier alpha value is -1.51. The summed E-state index contributed by atoms with van der Waals surface area (Å²) in [6, 6.07) is 0. The molecule has 9 nitrogen and oxygen atoms in total. The first-order chi connectivity index (χ1) is 16.8. The summed E-state index contributed by atoms with van der Waals surface area (Å²) in [5.74, 6) is -1.24. The molecule has 0 radical (unpaired) electrons. The number of hydrogen-bond acceptors (Lipinski definition) is 8. The first-order valence-corrected chi connectivity index (χ1v) is 14.4. The second-order valence-corrected chi connectivity index (χ2v) is 9.74. The van der Waals surface area contributed by atoms with Crippen molar-refractivity contribution in [3.05, 3.63) is 24.3 Å². The van der Waals surface area contributed by atoms with Crippen LogP contribution in [0.5, 0.6) is 0 Å². The second kappa shape index (κ2) is 22.9. The Balaban J connectivity index is 4.61. The van der Waals surface area contributed by atoms with Gasteiger partial charge in [0.1, 0.15) is 6.61 Å². The molecule has 0 rings (SSSR count). The van der Waals surface area contributed by atoms with E-state index in [2.05, 4.69) is 18.4 Å². The maximum atomic E-state index is 12.2. The van der Waals surface area contributed by atoms with Crippen LogP contribution in [0, 0.1) is 0 Å². The van der Waals surface area contributed by atoms with E-state index in [-0.39, 0.29) is 19.8 Å². The number of hydrogen-bond donors (Lipinski definition) is 2. The summed E-state index contributed by atoms with van der Waals surface area (Å²) in [5.41, 5.74) is 5.26. The van der Waals surface area contributed by atoms with Gasteiger partial charge in [-0.3, -0.25) is 9.05 Å². The topological polar surface area (TPSA) is 134 Å². The molecule has 0 fully saturated rings. The number of phosphoric acid groups is 1. The monoisotopic (exact) mass is 519 g/mol. The number of carbonyl (C=O) groups excluding carboxylic acids is 2. The average molecular weight is 520 g/mol. The Morgan fingerprint density at radius 2 is 1.37 bits per heavy atom. The molecule has 0 aliphatic carbocycles. The standard InChI is InChI=1S/C25H46NO8P/c1-3-5-7-9-11-13-15-17-24(27)31-21-23(22-33-35(29,30)32-20-19-26)34-25(28)18-16-14-12-10-8-6-4-2/h15-18,23H,3-14,19-22,26H2,1-2H3,(H,29,30)/t23-/m1/s1. The van der Waals surface area contributed by atoms with Crippen molar-refractivity contribution in [3.63, 3.8) is 0 Å². The lowest BCUT2D eigenvalue weighted by Crippen LogP contribution is -2.29. The molecule has 0 heterocycles. The minimum Gasteiger partial charge on any atom is -0.458 e. The van der Waals surface area contributed by atoms with E-state index in [1.54, 1.807) is 12.2 Å². The van der Waals surface area contributed by atoms with E-state index in [0.717, 1.165) is 38.5 Å². The summed E-state index contributed by atoms with van der Waals surface area (Å²) >= 11 is 0. The van der Waals surface area contributed by atoms with E-state index in [1.165, 1.54) is 50.7 Å². The van der Waals surface area contributed by atoms with Gasteiger partial charge in [0.15, 0.2) is 6.10 Å². The summed E-state index contributed by atoms with van der Waals surface area (Å²) in [5, 5.41) is 0. The zero-order valence-electron chi connectivity index (χ0n) is 21.5. The van der Waals surface area contributed by atoms with Crippen LogP contribution in [0.1, 0.15) is 90.9 Å². The number of phosphoric ester groups is 1. The third-order valence-electron chi connectivity index (χ3n) is 4.95. The molecule has 0 saturated carbocycles. The van der Waals surface area contributed by atoms with Crippen molar-refractivity contribution < 1.29 is 37.6 Å². The molecule has 2 atom stereocenters. The molecule has 35 heavy (non-hydrogen) atoms. The Labute approximate surface area is 211 Å². The molecule has 0 amide bonds. The summed E-state index contributed by atoms with van der Waals surface area (Å²) in [6.45, 7) is 3.37. The van der Waals surface area contributed by atoms with Gasteiger partial charge in [0.25, 0.3) is 0 Å². The van der Waals surface area contributed by atoms with Crippen molar-refractivity contribution >= 4 is 19.8 Å². The van der Waals surface area contributed by atoms with Crippen LogP contribution in [0.4, 0.5) is 0 Å². The molecule has 0 saturated heterocycles. The molecule has 3 N–H and O–H groups in total. The summed E-state index contributed by atoms with van der Waals surface area (Å²) in [6.07, 6.45) is 17.8. The first kappa shape index (κ1) is 33.5. The Bertz CT molecular complexity index is 653. The van der Waals surface area contributed by atoms with Crippen LogP contribution in [-0.2, 0) is 32.7 Å². The largest absolute Gasteiger partial charge is 0.472 e. The van der Waals surface area contributed by atoms with Crippen LogP contribution in [0.2, 0.25) is 0 Å². The highest BCUT2D eigenvalue weighted by Crippen LogP contribution is 2.43. The van der Waals surface area contributed by atoms with Crippen molar-refractivity contribution in [1.82, 2.24) is 0 Å². The predicted molar refractivity (Wildman–Crippen MR) is 137 cm³/mol. The van der Waals surface area contributed by atoms with Gasteiger partial charge in [-0.1, -0.05) is 77.4 Å². The van der Waals surface area contributed by atoms with Gasteiger partial charge < -0.3 is 20.1 Å². The fourth-order valence-electron chi connectivity index (χ4n) is 3.02. The van der Waals surface area contributed by atoms with Gasteiger partial charge in [0, 0.05) is 18.7 Å². The zero-order chi connectivity index (χ0) is 26.2. The highest BCUT2D eigenvalue weighted by molar-refractivity contribution is 7.47. The van der Waals surface area contributed by atoms with Crippen molar-refractivity contribution in [2.24, 2.45) is 5.73 Å². The smallest absolute Gasteiger partial charge is 0.458 e. The SMILES string of the molecule is CCCCCCCC=CC(=O)OC[C@H](COP(=O)(O)OCCN)OC(=O)C=CCCCCCCC. The molecule has 10 heteroatoms. The van der Waals surface area contributed by atoms with E-state index < -0.39 is 32.5 Å². The maximum Gasteiger partial charge on any atom is 0.472 e. The number of carbonyl (C=O) groups is 2. The van der Waals surface area contributed by atoms with Crippen LogP contribution in [-0.4, -0.2) is 49.3 Å². The van der Waals surface area contributed by atoms with Crippen LogP contribution in [0.25, 0.3) is 0 Å². The van der Waals surface area contributed by atoms with Crippen LogP contribution in [0.15, 0.2) is 24.3 Å². The normalized spacial score (nSPS) is 14.3. The lowest BCUT2D eigenvalue weighted by molar-refractivity contribution is -0.154. The minimum absolute atomic E-state index is 0.0398. The quantitative estimate of drug-likeness (QED) is 0.0791. The number of ether oxygens (including phenoxy) is 2. The van der Waals surface area contributed by atoms with Gasteiger partial charge in [-0.15, -0.1) is 0 Å². The third kappa shape index (κ3) is 22.7. The molecule has 0 aromatic carbocycles. The Morgan fingerprint density at radius 1 is 0.829 bits per heavy atom. The molecular formula is C25H46NO8P. The fourth-order valence-corrected chi connectivity index (χ4v) is 3.78. The Morgan fingerprint density at radius 3 is 1.91 bits per heavy atom. The zero-order valence-corrected chi connectivity index (χ0v) is 22.4. The lowest BCUT2D eigenvalue weighted by Gasteiger charge is -2.18. The molecule has 0 spiro atoms. The molecule has 0 aliphatic rings. The predicted octanol–water partition coefficient (Wildman–Crippen LogP) is 5.37.